The predicted octanol–water partition coefficient (Wildman–Crippen LogP) is -1.66. The van der Waals surface area contributed by atoms with E-state index in [0.717, 1.165) is 13.1 Å². The van der Waals surface area contributed by atoms with E-state index < -0.39 is 6.10 Å². The van der Waals surface area contributed by atoms with E-state index in [4.69, 9.17) is 15.3 Å². The van der Waals surface area contributed by atoms with Crippen LogP contribution < -0.4 is 10.8 Å². The van der Waals surface area contributed by atoms with Gasteiger partial charge in [0, 0.05) is 26.2 Å². The van der Waals surface area contributed by atoms with Crippen molar-refractivity contribution in [1.29, 1.82) is 5.41 Å². The second kappa shape index (κ2) is 7.71. The first-order valence-corrected chi connectivity index (χ1v) is 8.00. The number of hydrogen-bond donors (Lipinski definition) is 5. The van der Waals surface area contributed by atoms with Gasteiger partial charge in [-0.15, -0.1) is 0 Å². The zero-order chi connectivity index (χ0) is 16.9. The van der Waals surface area contributed by atoms with Crippen LogP contribution in [0.5, 0.6) is 0 Å². The first-order chi connectivity index (χ1) is 11.7. The van der Waals surface area contributed by atoms with Crippen LogP contribution in [0.3, 0.4) is 0 Å². The smallest absolute Gasteiger partial charge is 0.202 e. The summed E-state index contributed by atoms with van der Waals surface area (Å²) in [5.74, 6) is 0.469. The number of morpholine rings is 1. The minimum absolute atomic E-state index is 0.0126. The molecule has 3 rings (SSSR count). The van der Waals surface area contributed by atoms with Crippen LogP contribution in [0.25, 0.3) is 11.2 Å². The number of nitrogens with zero attached hydrogens (tertiary/aromatic N) is 4. The quantitative estimate of drug-likeness (QED) is 0.408. The van der Waals surface area contributed by atoms with Crippen LogP contribution in [-0.2, 0) is 11.3 Å². The van der Waals surface area contributed by atoms with Crippen molar-refractivity contribution in [2.75, 3.05) is 51.3 Å². The highest BCUT2D eigenvalue weighted by Crippen LogP contribution is 2.11. The number of aromatic amines is 1. The van der Waals surface area contributed by atoms with Gasteiger partial charge in [0.05, 0.1) is 38.8 Å². The summed E-state index contributed by atoms with van der Waals surface area (Å²) in [4.78, 5) is 13.6. The van der Waals surface area contributed by atoms with Gasteiger partial charge < -0.3 is 29.8 Å². The van der Waals surface area contributed by atoms with Crippen molar-refractivity contribution in [3.05, 3.63) is 11.8 Å². The second-order valence-electron chi connectivity index (χ2n) is 5.75. The summed E-state index contributed by atoms with van der Waals surface area (Å²) in [6.07, 6.45) is 0.948. The number of ether oxygens (including phenoxy) is 1. The molecular weight excluding hydrogens is 314 g/mol. The monoisotopic (exact) mass is 337 g/mol. The van der Waals surface area contributed by atoms with E-state index in [1.165, 1.54) is 6.33 Å². The molecule has 0 spiro atoms. The zero-order valence-corrected chi connectivity index (χ0v) is 13.4. The molecule has 24 heavy (non-hydrogen) atoms. The summed E-state index contributed by atoms with van der Waals surface area (Å²) in [7, 11) is 0. The lowest BCUT2D eigenvalue weighted by molar-refractivity contribution is 0.0116. The molecule has 0 amide bonds. The molecule has 1 saturated heterocycles. The Kier molecular flexibility index (Phi) is 5.41. The van der Waals surface area contributed by atoms with Gasteiger partial charge in [-0.3, -0.25) is 10.3 Å². The van der Waals surface area contributed by atoms with Gasteiger partial charge in [0.25, 0.3) is 0 Å². The molecule has 0 saturated carbocycles. The maximum atomic E-state index is 10.4. The van der Waals surface area contributed by atoms with Crippen molar-refractivity contribution >= 4 is 17.1 Å². The summed E-state index contributed by atoms with van der Waals surface area (Å²) in [6, 6.07) is 0. The van der Waals surface area contributed by atoms with E-state index >= 15 is 0 Å². The molecule has 1 fully saturated rings. The fourth-order valence-electron chi connectivity index (χ4n) is 2.74. The predicted molar refractivity (Wildman–Crippen MR) is 86.6 cm³/mol. The van der Waals surface area contributed by atoms with Crippen molar-refractivity contribution < 1.29 is 14.9 Å². The summed E-state index contributed by atoms with van der Waals surface area (Å²) in [5.41, 5.74) is 1.14. The average Bonchev–Trinajstić information content (AvgIpc) is 3.02. The molecule has 3 heterocycles. The SMILES string of the molecule is N=c1ncn(CC(O)CN2CCOCC2)c2nc(NCCO)[nH]c12. The minimum Gasteiger partial charge on any atom is -0.395 e. The number of nitrogens with one attached hydrogen (secondary N) is 3. The molecular formula is C14H23N7O3. The Morgan fingerprint density at radius 3 is 2.92 bits per heavy atom. The molecule has 1 unspecified atom stereocenters. The van der Waals surface area contributed by atoms with Gasteiger partial charge in [-0.2, -0.15) is 4.98 Å². The van der Waals surface area contributed by atoms with Gasteiger partial charge in [-0.05, 0) is 0 Å². The van der Waals surface area contributed by atoms with E-state index in [1.807, 2.05) is 0 Å². The first kappa shape index (κ1) is 16.8. The van der Waals surface area contributed by atoms with Crippen molar-refractivity contribution in [3.8, 4) is 0 Å². The van der Waals surface area contributed by atoms with Gasteiger partial charge in [-0.25, -0.2) is 4.98 Å². The molecule has 0 radical (unpaired) electrons. The topological polar surface area (TPSA) is 135 Å². The molecule has 1 atom stereocenters. The van der Waals surface area contributed by atoms with Gasteiger partial charge in [-0.1, -0.05) is 0 Å². The number of aliphatic hydroxyl groups is 2. The Morgan fingerprint density at radius 2 is 2.17 bits per heavy atom. The van der Waals surface area contributed by atoms with Crippen molar-refractivity contribution in [2.45, 2.75) is 12.6 Å². The molecule has 0 aliphatic carbocycles. The Labute approximate surface area is 138 Å². The fourth-order valence-corrected chi connectivity index (χ4v) is 2.74. The Bertz CT molecular complexity index is 723. The van der Waals surface area contributed by atoms with Crippen molar-refractivity contribution in [2.24, 2.45) is 0 Å². The van der Waals surface area contributed by atoms with Crippen LogP contribution in [0, 0.1) is 5.41 Å². The second-order valence-corrected chi connectivity index (χ2v) is 5.75. The molecule has 1 aliphatic heterocycles. The number of anilines is 1. The largest absolute Gasteiger partial charge is 0.395 e. The van der Waals surface area contributed by atoms with E-state index in [2.05, 4.69) is 25.2 Å². The number of rotatable bonds is 7. The van der Waals surface area contributed by atoms with Crippen LogP contribution in [0.15, 0.2) is 6.33 Å². The highest BCUT2D eigenvalue weighted by Gasteiger charge is 2.17. The van der Waals surface area contributed by atoms with Gasteiger partial charge in [0.1, 0.15) is 5.52 Å². The first-order valence-electron chi connectivity index (χ1n) is 8.00. The van der Waals surface area contributed by atoms with Crippen LogP contribution in [0.4, 0.5) is 5.95 Å². The average molecular weight is 337 g/mol. The normalized spacial score (nSPS) is 17.2. The zero-order valence-electron chi connectivity index (χ0n) is 13.4. The lowest BCUT2D eigenvalue weighted by Crippen LogP contribution is -2.42. The Hall–Kier alpha value is -2.01. The molecule has 10 nitrogen and oxygen atoms in total. The van der Waals surface area contributed by atoms with Crippen molar-refractivity contribution in [1.82, 2.24) is 24.4 Å². The van der Waals surface area contributed by atoms with Gasteiger partial charge >= 0.3 is 0 Å². The van der Waals surface area contributed by atoms with E-state index in [-0.39, 0.29) is 12.1 Å². The third kappa shape index (κ3) is 3.90. The maximum Gasteiger partial charge on any atom is 0.202 e. The third-order valence-corrected chi connectivity index (χ3v) is 3.90. The van der Waals surface area contributed by atoms with Crippen LogP contribution >= 0.6 is 0 Å². The van der Waals surface area contributed by atoms with Crippen LogP contribution in [0.1, 0.15) is 0 Å². The van der Waals surface area contributed by atoms with Crippen LogP contribution in [-0.4, -0.2) is 86.7 Å². The molecule has 5 N–H and O–H groups in total. The number of imidazole rings is 1. The fraction of sp³-hybridized carbons (Fsp3) is 0.643. The molecule has 2 aromatic rings. The number of hydrogen-bond acceptors (Lipinski definition) is 8. The Balaban J connectivity index is 1.74. The minimum atomic E-state index is -0.569. The number of aliphatic hydroxyl groups excluding tert-OH is 2. The number of fused-ring (bicyclic) bond motifs is 1. The highest BCUT2D eigenvalue weighted by atomic mass is 16.5. The van der Waals surface area contributed by atoms with E-state index in [1.54, 1.807) is 4.57 Å². The summed E-state index contributed by atoms with van der Waals surface area (Å²) >= 11 is 0. The number of aromatic nitrogens is 4. The van der Waals surface area contributed by atoms with E-state index in [0.29, 0.717) is 50.0 Å². The Morgan fingerprint density at radius 1 is 1.38 bits per heavy atom. The molecule has 2 aromatic heterocycles. The lowest BCUT2D eigenvalue weighted by atomic mass is 10.3. The summed E-state index contributed by atoms with van der Waals surface area (Å²) in [5, 5.41) is 30.1. The van der Waals surface area contributed by atoms with Gasteiger partial charge in [0.2, 0.25) is 5.95 Å². The molecule has 0 bridgehead atoms. The lowest BCUT2D eigenvalue weighted by Gasteiger charge is -2.28. The maximum absolute atomic E-state index is 10.4. The van der Waals surface area contributed by atoms with Crippen molar-refractivity contribution in [3.63, 3.8) is 0 Å². The molecule has 0 aromatic carbocycles. The van der Waals surface area contributed by atoms with Crippen LogP contribution in [0.2, 0.25) is 0 Å². The number of β-amino-alcohol motifs (C(OH)–C–C–N with tert-alkyl or cyclic N) is 1. The molecule has 10 heteroatoms. The third-order valence-electron chi connectivity index (χ3n) is 3.90. The van der Waals surface area contributed by atoms with Gasteiger partial charge in [0.15, 0.2) is 11.1 Å². The number of H-pyrrole nitrogens is 1. The summed E-state index contributed by atoms with van der Waals surface area (Å²) < 4.78 is 7.04. The molecule has 132 valence electrons. The van der Waals surface area contributed by atoms with E-state index in [9.17, 15) is 5.11 Å². The summed E-state index contributed by atoms with van der Waals surface area (Å²) in [6.45, 7) is 4.27. The molecule has 1 aliphatic rings. The standard InChI is InChI=1S/C14H23N7O3/c15-12-11-13(19-14(18-11)16-1-4-22)21(9-17-12)8-10(23)7-20-2-5-24-6-3-20/h9-10,15,22-23H,1-8H2,(H2,16,18,19). The highest BCUT2D eigenvalue weighted by molar-refractivity contribution is 5.72.